The SMILES string of the molecule is Cc1c(COc2ccccc2-c2cccc(N3CC[C@@]4(C(=O)O)C[C@H]4C3)n2)ccc2c1CCN([C@H]1CCOC1)C2. The van der Waals surface area contributed by atoms with Crippen molar-refractivity contribution in [3.63, 3.8) is 0 Å². The van der Waals surface area contributed by atoms with Gasteiger partial charge in [0.25, 0.3) is 0 Å². The summed E-state index contributed by atoms with van der Waals surface area (Å²) in [5.41, 5.74) is 6.84. The Hall–Kier alpha value is -3.42. The molecule has 208 valence electrons. The first-order chi connectivity index (χ1) is 19.5. The molecule has 3 fully saturated rings. The summed E-state index contributed by atoms with van der Waals surface area (Å²) in [4.78, 5) is 21.5. The summed E-state index contributed by atoms with van der Waals surface area (Å²) in [7, 11) is 0. The summed E-state index contributed by atoms with van der Waals surface area (Å²) < 4.78 is 12.1. The van der Waals surface area contributed by atoms with Crippen LogP contribution in [0.5, 0.6) is 5.75 Å². The molecule has 4 aliphatic rings. The number of hydrogen-bond acceptors (Lipinski definition) is 6. The predicted molar refractivity (Wildman–Crippen MR) is 154 cm³/mol. The van der Waals surface area contributed by atoms with Crippen LogP contribution < -0.4 is 9.64 Å². The number of anilines is 1. The van der Waals surface area contributed by atoms with Crippen LogP contribution in [0, 0.1) is 18.3 Å². The van der Waals surface area contributed by atoms with Gasteiger partial charge in [0.05, 0.1) is 17.7 Å². The van der Waals surface area contributed by atoms with Crippen molar-refractivity contribution in [3.8, 4) is 17.0 Å². The largest absolute Gasteiger partial charge is 0.488 e. The van der Waals surface area contributed by atoms with Crippen molar-refractivity contribution in [3.05, 3.63) is 76.9 Å². The Morgan fingerprint density at radius 2 is 2.05 bits per heavy atom. The Labute approximate surface area is 235 Å². The number of rotatable bonds is 7. The number of fused-ring (bicyclic) bond motifs is 2. The van der Waals surface area contributed by atoms with Crippen molar-refractivity contribution in [1.29, 1.82) is 0 Å². The van der Waals surface area contributed by atoms with Gasteiger partial charge in [0.1, 0.15) is 18.2 Å². The van der Waals surface area contributed by atoms with Crippen molar-refractivity contribution >= 4 is 11.8 Å². The number of aliphatic carboxylic acids is 1. The van der Waals surface area contributed by atoms with E-state index < -0.39 is 11.4 Å². The fraction of sp³-hybridized carbons (Fsp3) is 0.455. The van der Waals surface area contributed by atoms with Crippen molar-refractivity contribution in [2.45, 2.75) is 51.8 Å². The first kappa shape index (κ1) is 25.5. The van der Waals surface area contributed by atoms with Gasteiger partial charge in [-0.3, -0.25) is 9.69 Å². The zero-order valence-corrected chi connectivity index (χ0v) is 23.1. The van der Waals surface area contributed by atoms with Crippen molar-refractivity contribution in [2.24, 2.45) is 11.3 Å². The molecule has 0 spiro atoms. The topological polar surface area (TPSA) is 75.1 Å². The number of benzene rings is 2. The quantitative estimate of drug-likeness (QED) is 0.449. The molecule has 4 heterocycles. The van der Waals surface area contributed by atoms with E-state index >= 15 is 0 Å². The minimum Gasteiger partial charge on any atom is -0.488 e. The molecule has 1 aliphatic carbocycles. The molecule has 0 radical (unpaired) electrons. The van der Waals surface area contributed by atoms with E-state index in [0.717, 1.165) is 81.5 Å². The number of piperidine rings is 1. The lowest BCUT2D eigenvalue weighted by Gasteiger charge is -2.34. The second-order valence-electron chi connectivity index (χ2n) is 11.9. The molecule has 3 atom stereocenters. The highest BCUT2D eigenvalue weighted by molar-refractivity contribution is 5.79. The first-order valence-electron chi connectivity index (χ1n) is 14.6. The molecule has 2 aromatic carbocycles. The molecule has 0 unspecified atom stereocenters. The minimum atomic E-state index is -0.639. The fourth-order valence-electron chi connectivity index (χ4n) is 7.09. The monoisotopic (exact) mass is 539 g/mol. The number of para-hydroxylation sites is 1. The molecule has 1 aromatic heterocycles. The van der Waals surface area contributed by atoms with Gasteiger partial charge in [-0.2, -0.15) is 0 Å². The summed E-state index contributed by atoms with van der Waals surface area (Å²) in [6.07, 6.45) is 3.68. The van der Waals surface area contributed by atoms with Gasteiger partial charge < -0.3 is 19.5 Å². The van der Waals surface area contributed by atoms with Crippen molar-refractivity contribution in [2.75, 3.05) is 37.7 Å². The second kappa shape index (κ2) is 10.2. The third-order valence-electron chi connectivity index (χ3n) is 9.78. The Morgan fingerprint density at radius 3 is 2.88 bits per heavy atom. The number of carbonyl (C=O) groups is 1. The van der Waals surface area contributed by atoms with Crippen LogP contribution in [0.25, 0.3) is 11.3 Å². The average molecular weight is 540 g/mol. The molecule has 7 rings (SSSR count). The highest BCUT2D eigenvalue weighted by Gasteiger charge is 2.62. The fourth-order valence-corrected chi connectivity index (χ4v) is 7.09. The first-order valence-corrected chi connectivity index (χ1v) is 14.6. The standard InChI is InChI=1S/C33H37N3O4/c1-22-24(10-9-23-18-35(14-11-27(22)23)26-12-16-39-21-26)20-40-30-7-3-2-5-28(30)29-6-4-8-31(34-29)36-15-13-33(32(37)38)17-25(33)19-36/h2-10,25-26H,11-21H2,1H3,(H,37,38)/t25-,26-,33+/m0/s1. The van der Waals surface area contributed by atoms with Gasteiger partial charge in [-0.05, 0) is 85.0 Å². The summed E-state index contributed by atoms with van der Waals surface area (Å²) in [6, 6.07) is 19.3. The van der Waals surface area contributed by atoms with E-state index in [-0.39, 0.29) is 5.92 Å². The second-order valence-corrected chi connectivity index (χ2v) is 11.9. The average Bonchev–Trinajstić information content (AvgIpc) is 3.49. The minimum absolute atomic E-state index is 0.222. The van der Waals surface area contributed by atoms with Gasteiger partial charge in [-0.25, -0.2) is 4.98 Å². The molecular formula is C33H37N3O4. The Bertz CT molecular complexity index is 1430. The molecule has 40 heavy (non-hydrogen) atoms. The van der Waals surface area contributed by atoms with Gasteiger partial charge in [0, 0.05) is 44.4 Å². The molecule has 3 aromatic rings. The third-order valence-corrected chi connectivity index (χ3v) is 9.78. The molecule has 0 amide bonds. The number of nitrogens with zero attached hydrogens (tertiary/aromatic N) is 3. The molecule has 7 heteroatoms. The zero-order chi connectivity index (χ0) is 27.3. The van der Waals surface area contributed by atoms with E-state index in [9.17, 15) is 9.90 Å². The lowest BCUT2D eigenvalue weighted by Crippen LogP contribution is -2.39. The molecule has 0 bridgehead atoms. The van der Waals surface area contributed by atoms with Crippen LogP contribution in [0.2, 0.25) is 0 Å². The van der Waals surface area contributed by atoms with Gasteiger partial charge in [0.15, 0.2) is 0 Å². The Kier molecular flexibility index (Phi) is 6.51. The molecule has 1 saturated carbocycles. The van der Waals surface area contributed by atoms with E-state index in [1.807, 2.05) is 36.4 Å². The van der Waals surface area contributed by atoms with E-state index in [1.54, 1.807) is 0 Å². The van der Waals surface area contributed by atoms with Gasteiger partial charge in [0.2, 0.25) is 0 Å². The maximum Gasteiger partial charge on any atom is 0.310 e. The molecule has 2 saturated heterocycles. The van der Waals surface area contributed by atoms with Gasteiger partial charge in [-0.1, -0.05) is 30.3 Å². The van der Waals surface area contributed by atoms with Crippen molar-refractivity contribution in [1.82, 2.24) is 9.88 Å². The third kappa shape index (κ3) is 4.55. The number of aromatic nitrogens is 1. The predicted octanol–water partition coefficient (Wildman–Crippen LogP) is 5.08. The van der Waals surface area contributed by atoms with Crippen LogP contribution in [0.1, 0.15) is 41.5 Å². The Morgan fingerprint density at radius 1 is 1.15 bits per heavy atom. The lowest BCUT2D eigenvalue weighted by molar-refractivity contribution is -0.144. The normalized spacial score (nSPS) is 25.8. The van der Waals surface area contributed by atoms with E-state index in [0.29, 0.717) is 19.1 Å². The summed E-state index contributed by atoms with van der Waals surface area (Å²) >= 11 is 0. The number of carboxylic acid groups (broad SMARTS) is 1. The number of pyridine rings is 1. The maximum atomic E-state index is 11.7. The van der Waals surface area contributed by atoms with E-state index in [4.69, 9.17) is 14.5 Å². The van der Waals surface area contributed by atoms with Crippen LogP contribution in [-0.2, 0) is 29.1 Å². The summed E-state index contributed by atoms with van der Waals surface area (Å²) in [5, 5.41) is 9.62. The van der Waals surface area contributed by atoms with Crippen molar-refractivity contribution < 1.29 is 19.4 Å². The number of ether oxygens (including phenoxy) is 2. The zero-order valence-electron chi connectivity index (χ0n) is 23.1. The van der Waals surface area contributed by atoms with E-state index in [2.05, 4.69) is 34.9 Å². The van der Waals surface area contributed by atoms with Crippen LogP contribution >= 0.6 is 0 Å². The van der Waals surface area contributed by atoms with Gasteiger partial charge >= 0.3 is 5.97 Å². The van der Waals surface area contributed by atoms with Crippen LogP contribution in [0.15, 0.2) is 54.6 Å². The molecule has 7 nitrogen and oxygen atoms in total. The maximum absolute atomic E-state index is 11.7. The number of carboxylic acids is 1. The molecule has 3 aliphatic heterocycles. The van der Waals surface area contributed by atoms with Crippen LogP contribution in [0.3, 0.4) is 0 Å². The summed E-state index contributed by atoms with van der Waals surface area (Å²) in [5.74, 6) is 1.31. The Balaban J connectivity index is 1.06. The lowest BCUT2D eigenvalue weighted by atomic mass is 9.91. The molecule has 1 N–H and O–H groups in total. The highest BCUT2D eigenvalue weighted by Crippen LogP contribution is 2.58. The van der Waals surface area contributed by atoms with Crippen LogP contribution in [-0.4, -0.2) is 59.8 Å². The van der Waals surface area contributed by atoms with Gasteiger partial charge in [-0.15, -0.1) is 0 Å². The molecular weight excluding hydrogens is 502 g/mol. The van der Waals surface area contributed by atoms with E-state index in [1.165, 1.54) is 22.3 Å². The number of hydrogen-bond donors (Lipinski definition) is 1. The smallest absolute Gasteiger partial charge is 0.310 e. The summed E-state index contributed by atoms with van der Waals surface area (Å²) in [6.45, 7) is 8.07. The highest BCUT2D eigenvalue weighted by atomic mass is 16.5. The van der Waals surface area contributed by atoms with Crippen LogP contribution in [0.4, 0.5) is 5.82 Å².